The molecule has 94 valence electrons. The third-order valence-electron chi connectivity index (χ3n) is 4.47. The van der Waals surface area contributed by atoms with Gasteiger partial charge in [0.05, 0.1) is 0 Å². The van der Waals surface area contributed by atoms with Gasteiger partial charge < -0.3 is 0 Å². The summed E-state index contributed by atoms with van der Waals surface area (Å²) in [5, 5.41) is 0. The van der Waals surface area contributed by atoms with Crippen LogP contribution in [0.5, 0.6) is 0 Å². The third-order valence-corrected chi connectivity index (χ3v) is 4.47. The molecule has 0 heterocycles. The molecule has 0 bridgehead atoms. The SMILES string of the molecule is C=CC1CCC(C2CCCCC2)CC1.CC. The van der Waals surface area contributed by atoms with Crippen molar-refractivity contribution >= 4 is 0 Å². The molecule has 0 unspecified atom stereocenters. The molecule has 2 rings (SSSR count). The fraction of sp³-hybridized carbons (Fsp3) is 0.875. The summed E-state index contributed by atoms with van der Waals surface area (Å²) in [5.74, 6) is 3.01. The van der Waals surface area contributed by atoms with Gasteiger partial charge >= 0.3 is 0 Å². The number of allylic oxidation sites excluding steroid dienone is 1. The van der Waals surface area contributed by atoms with Gasteiger partial charge in [-0.05, 0) is 43.4 Å². The van der Waals surface area contributed by atoms with Crippen LogP contribution in [0.3, 0.4) is 0 Å². The maximum Gasteiger partial charge on any atom is -0.0236 e. The highest BCUT2D eigenvalue weighted by Gasteiger charge is 2.27. The molecule has 2 aliphatic rings. The topological polar surface area (TPSA) is 0 Å². The molecule has 0 N–H and O–H groups in total. The van der Waals surface area contributed by atoms with E-state index in [0.29, 0.717) is 0 Å². The largest absolute Gasteiger partial charge is 0.103 e. The van der Waals surface area contributed by atoms with Crippen molar-refractivity contribution in [1.29, 1.82) is 0 Å². The first-order valence-corrected chi connectivity index (χ1v) is 7.52. The lowest BCUT2D eigenvalue weighted by molar-refractivity contribution is 0.180. The molecule has 16 heavy (non-hydrogen) atoms. The highest BCUT2D eigenvalue weighted by atomic mass is 14.3. The van der Waals surface area contributed by atoms with Gasteiger partial charge in [-0.1, -0.05) is 52.0 Å². The van der Waals surface area contributed by atoms with Crippen molar-refractivity contribution in [2.24, 2.45) is 17.8 Å². The zero-order chi connectivity index (χ0) is 11.8. The number of hydrogen-bond donors (Lipinski definition) is 0. The third kappa shape index (κ3) is 3.96. The molecule has 0 amide bonds. The Bertz CT molecular complexity index is 168. The maximum atomic E-state index is 3.92. The average molecular weight is 222 g/mol. The van der Waals surface area contributed by atoms with Crippen molar-refractivity contribution in [1.82, 2.24) is 0 Å². The molecule has 0 nitrogen and oxygen atoms in total. The minimum atomic E-state index is 0.842. The summed E-state index contributed by atoms with van der Waals surface area (Å²) in [6, 6.07) is 0. The summed E-state index contributed by atoms with van der Waals surface area (Å²) in [7, 11) is 0. The minimum absolute atomic E-state index is 0.842. The van der Waals surface area contributed by atoms with Crippen LogP contribution >= 0.6 is 0 Å². The summed E-state index contributed by atoms with van der Waals surface area (Å²) in [5.41, 5.74) is 0. The van der Waals surface area contributed by atoms with Gasteiger partial charge in [0.1, 0.15) is 0 Å². The van der Waals surface area contributed by atoms with E-state index < -0.39 is 0 Å². The maximum absolute atomic E-state index is 3.92. The summed E-state index contributed by atoms with van der Waals surface area (Å²) in [6.07, 6.45) is 15.6. The average Bonchev–Trinajstić information content (AvgIpc) is 2.42. The van der Waals surface area contributed by atoms with Crippen LogP contribution in [0, 0.1) is 17.8 Å². The highest BCUT2D eigenvalue weighted by Crippen LogP contribution is 2.39. The van der Waals surface area contributed by atoms with E-state index in [4.69, 9.17) is 0 Å². The predicted octanol–water partition coefficient (Wildman–Crippen LogP) is 5.59. The molecular weight excluding hydrogens is 192 g/mol. The van der Waals surface area contributed by atoms with Gasteiger partial charge in [0.15, 0.2) is 0 Å². The first-order chi connectivity index (χ1) is 7.90. The Morgan fingerprint density at radius 1 is 0.750 bits per heavy atom. The van der Waals surface area contributed by atoms with Gasteiger partial charge in [0.2, 0.25) is 0 Å². The molecule has 0 radical (unpaired) electrons. The molecule has 2 saturated carbocycles. The van der Waals surface area contributed by atoms with E-state index in [2.05, 4.69) is 12.7 Å². The first-order valence-electron chi connectivity index (χ1n) is 7.52. The second kappa shape index (κ2) is 7.92. The second-order valence-electron chi connectivity index (χ2n) is 5.31. The Hall–Kier alpha value is -0.260. The molecule has 0 saturated heterocycles. The van der Waals surface area contributed by atoms with Crippen LogP contribution in [-0.2, 0) is 0 Å². The van der Waals surface area contributed by atoms with E-state index >= 15 is 0 Å². The smallest absolute Gasteiger partial charge is 0.0236 e. The van der Waals surface area contributed by atoms with Crippen LogP contribution < -0.4 is 0 Å². The van der Waals surface area contributed by atoms with Gasteiger partial charge in [-0.25, -0.2) is 0 Å². The van der Waals surface area contributed by atoms with Gasteiger partial charge in [0.25, 0.3) is 0 Å². The summed E-state index contributed by atoms with van der Waals surface area (Å²) < 4.78 is 0. The van der Waals surface area contributed by atoms with Gasteiger partial charge in [-0.3, -0.25) is 0 Å². The van der Waals surface area contributed by atoms with Crippen LogP contribution in [0.25, 0.3) is 0 Å². The molecule has 2 aliphatic carbocycles. The number of hydrogen-bond acceptors (Lipinski definition) is 0. The Morgan fingerprint density at radius 3 is 1.75 bits per heavy atom. The van der Waals surface area contributed by atoms with Crippen molar-refractivity contribution in [2.45, 2.75) is 71.6 Å². The lowest BCUT2D eigenvalue weighted by Crippen LogP contribution is -2.22. The lowest BCUT2D eigenvalue weighted by Gasteiger charge is -2.35. The molecular formula is C16H30. The molecule has 0 aromatic rings. The van der Waals surface area contributed by atoms with Gasteiger partial charge in [0, 0.05) is 0 Å². The van der Waals surface area contributed by atoms with Crippen LogP contribution in [0.1, 0.15) is 71.6 Å². The van der Waals surface area contributed by atoms with Gasteiger partial charge in [-0.15, -0.1) is 6.58 Å². The normalized spacial score (nSPS) is 31.4. The Kier molecular flexibility index (Phi) is 6.84. The summed E-state index contributed by atoms with van der Waals surface area (Å²) in [4.78, 5) is 0. The van der Waals surface area contributed by atoms with E-state index in [1.54, 1.807) is 0 Å². The second-order valence-corrected chi connectivity index (χ2v) is 5.31. The van der Waals surface area contributed by atoms with E-state index in [9.17, 15) is 0 Å². The van der Waals surface area contributed by atoms with Gasteiger partial charge in [-0.2, -0.15) is 0 Å². The van der Waals surface area contributed by atoms with Crippen molar-refractivity contribution in [3.8, 4) is 0 Å². The molecule has 0 spiro atoms. The van der Waals surface area contributed by atoms with Crippen LogP contribution in [0.2, 0.25) is 0 Å². The van der Waals surface area contributed by atoms with E-state index in [1.165, 1.54) is 57.8 Å². The fourth-order valence-electron chi connectivity index (χ4n) is 3.46. The van der Waals surface area contributed by atoms with E-state index in [1.807, 2.05) is 13.8 Å². The van der Waals surface area contributed by atoms with E-state index in [-0.39, 0.29) is 0 Å². The van der Waals surface area contributed by atoms with Crippen LogP contribution in [0.15, 0.2) is 12.7 Å². The van der Waals surface area contributed by atoms with Crippen molar-refractivity contribution in [3.63, 3.8) is 0 Å². The molecule has 0 aliphatic heterocycles. The molecule has 2 fully saturated rings. The first kappa shape index (κ1) is 13.8. The predicted molar refractivity (Wildman–Crippen MR) is 73.6 cm³/mol. The Balaban J connectivity index is 0.000000606. The molecule has 0 heteroatoms. The lowest BCUT2D eigenvalue weighted by atomic mass is 9.71. The molecule has 0 atom stereocenters. The molecule has 0 aromatic carbocycles. The standard InChI is InChI=1S/C14H24.C2H6/c1-2-12-8-10-14(11-9-12)13-6-4-3-5-7-13;1-2/h2,12-14H,1,3-11H2;1-2H3. The zero-order valence-electron chi connectivity index (χ0n) is 11.4. The molecule has 0 aromatic heterocycles. The van der Waals surface area contributed by atoms with Crippen LogP contribution in [0.4, 0.5) is 0 Å². The summed E-state index contributed by atoms with van der Waals surface area (Å²) in [6.45, 7) is 7.92. The zero-order valence-corrected chi connectivity index (χ0v) is 11.4. The Labute approximate surface area is 103 Å². The Morgan fingerprint density at radius 2 is 1.25 bits per heavy atom. The van der Waals surface area contributed by atoms with Crippen molar-refractivity contribution in [3.05, 3.63) is 12.7 Å². The number of rotatable bonds is 2. The van der Waals surface area contributed by atoms with E-state index in [0.717, 1.165) is 17.8 Å². The van der Waals surface area contributed by atoms with Crippen LogP contribution in [-0.4, -0.2) is 0 Å². The monoisotopic (exact) mass is 222 g/mol. The minimum Gasteiger partial charge on any atom is -0.103 e. The van der Waals surface area contributed by atoms with Crippen molar-refractivity contribution in [2.75, 3.05) is 0 Å². The summed E-state index contributed by atoms with van der Waals surface area (Å²) >= 11 is 0. The quantitative estimate of drug-likeness (QED) is 0.535. The van der Waals surface area contributed by atoms with Crippen molar-refractivity contribution < 1.29 is 0 Å². The highest BCUT2D eigenvalue weighted by molar-refractivity contribution is 4.86. The fourth-order valence-corrected chi connectivity index (χ4v) is 3.46.